The average molecular weight is 380 g/mol. The van der Waals surface area contributed by atoms with Crippen LogP contribution in [0, 0.1) is 5.82 Å². The first kappa shape index (κ1) is 19.3. The van der Waals surface area contributed by atoms with Crippen LogP contribution in [0.2, 0.25) is 0 Å². The van der Waals surface area contributed by atoms with Crippen LogP contribution < -0.4 is 10.6 Å². The van der Waals surface area contributed by atoms with Gasteiger partial charge in [-0.15, -0.1) is 0 Å². The predicted molar refractivity (Wildman–Crippen MR) is 104 cm³/mol. The van der Waals surface area contributed by atoms with E-state index in [0.29, 0.717) is 19.5 Å². The molecular formula is C21H21FN4O2. The number of imidazole rings is 1. The molecule has 7 heteroatoms. The summed E-state index contributed by atoms with van der Waals surface area (Å²) in [5.41, 5.74) is 1.74. The lowest BCUT2D eigenvalue weighted by Crippen LogP contribution is -2.40. The zero-order valence-electron chi connectivity index (χ0n) is 15.3. The Hall–Kier alpha value is -3.48. The average Bonchev–Trinajstić information content (AvgIpc) is 3.19. The second-order valence-corrected chi connectivity index (χ2v) is 6.23. The molecule has 6 nitrogen and oxygen atoms in total. The number of nitrogens with zero attached hydrogens (tertiary/aromatic N) is 2. The summed E-state index contributed by atoms with van der Waals surface area (Å²) in [6.07, 6.45) is 4.29. The second-order valence-electron chi connectivity index (χ2n) is 6.23. The van der Waals surface area contributed by atoms with Crippen LogP contribution in [-0.2, 0) is 22.7 Å². The number of aryl methyl sites for hydroxylation is 1. The quantitative estimate of drug-likeness (QED) is 0.488. The third-order valence-corrected chi connectivity index (χ3v) is 4.18. The largest absolute Gasteiger partial charge is 0.348 e. The Bertz CT molecular complexity index is 923. The minimum Gasteiger partial charge on any atom is -0.348 e. The van der Waals surface area contributed by atoms with Crippen LogP contribution in [0.15, 0.2) is 67.0 Å². The van der Waals surface area contributed by atoms with Gasteiger partial charge in [0, 0.05) is 37.6 Å². The number of carbonyl (C=O) groups excluding carboxylic acids is 2. The van der Waals surface area contributed by atoms with Gasteiger partial charge in [0.2, 0.25) is 0 Å². The Kier molecular flexibility index (Phi) is 6.51. The van der Waals surface area contributed by atoms with Crippen molar-refractivity contribution in [1.82, 2.24) is 20.2 Å². The molecule has 2 aromatic carbocycles. The van der Waals surface area contributed by atoms with E-state index in [4.69, 9.17) is 0 Å². The van der Waals surface area contributed by atoms with Crippen LogP contribution in [0.1, 0.15) is 12.0 Å². The van der Waals surface area contributed by atoms with Gasteiger partial charge in [-0.3, -0.25) is 9.59 Å². The van der Waals surface area contributed by atoms with Crippen molar-refractivity contribution in [3.8, 4) is 11.4 Å². The molecule has 2 N–H and O–H groups in total. The number of nitrogens with one attached hydrogen (secondary N) is 2. The van der Waals surface area contributed by atoms with Gasteiger partial charge in [0.15, 0.2) is 0 Å². The highest BCUT2D eigenvalue weighted by atomic mass is 19.1. The first-order valence-electron chi connectivity index (χ1n) is 9.00. The molecule has 28 heavy (non-hydrogen) atoms. The van der Waals surface area contributed by atoms with E-state index in [9.17, 15) is 14.0 Å². The molecule has 0 spiro atoms. The van der Waals surface area contributed by atoms with Crippen LogP contribution in [0.5, 0.6) is 0 Å². The maximum absolute atomic E-state index is 12.9. The molecule has 0 bridgehead atoms. The summed E-state index contributed by atoms with van der Waals surface area (Å²) < 4.78 is 14.9. The van der Waals surface area contributed by atoms with E-state index in [1.807, 2.05) is 41.1 Å². The maximum atomic E-state index is 12.9. The van der Waals surface area contributed by atoms with E-state index in [0.717, 1.165) is 17.0 Å². The standard InChI is InChI=1S/C21H21FN4O2/c22-18-9-7-16(8-10-18)15-25-21(28)20(27)24-11-4-13-26-14-12-23-19(26)17-5-2-1-3-6-17/h1-3,5-10,12,14H,4,11,13,15H2,(H,24,27)(H,25,28). The van der Waals surface area contributed by atoms with E-state index in [1.165, 1.54) is 12.1 Å². The maximum Gasteiger partial charge on any atom is 0.309 e. The minimum atomic E-state index is -0.711. The van der Waals surface area contributed by atoms with Gasteiger partial charge >= 0.3 is 11.8 Å². The topological polar surface area (TPSA) is 76.0 Å². The van der Waals surface area contributed by atoms with Gasteiger partial charge in [0.05, 0.1) is 0 Å². The van der Waals surface area contributed by atoms with Crippen molar-refractivity contribution in [3.05, 3.63) is 78.4 Å². The number of benzene rings is 2. The van der Waals surface area contributed by atoms with Crippen molar-refractivity contribution in [1.29, 1.82) is 0 Å². The summed E-state index contributed by atoms with van der Waals surface area (Å²) in [6.45, 7) is 1.21. The Morgan fingerprint density at radius 3 is 2.43 bits per heavy atom. The smallest absolute Gasteiger partial charge is 0.309 e. The molecule has 0 atom stereocenters. The number of hydrogen-bond acceptors (Lipinski definition) is 3. The molecule has 0 aliphatic rings. The van der Waals surface area contributed by atoms with Crippen molar-refractivity contribution in [2.45, 2.75) is 19.5 Å². The molecule has 2 amide bonds. The van der Waals surface area contributed by atoms with E-state index < -0.39 is 11.8 Å². The number of rotatable bonds is 7. The number of halogens is 1. The van der Waals surface area contributed by atoms with Gasteiger partial charge in [0.1, 0.15) is 11.6 Å². The van der Waals surface area contributed by atoms with Gasteiger partial charge in [-0.1, -0.05) is 42.5 Å². The molecule has 3 rings (SSSR count). The summed E-state index contributed by atoms with van der Waals surface area (Å²) in [5.74, 6) is -0.877. The van der Waals surface area contributed by atoms with Crippen molar-refractivity contribution in [3.63, 3.8) is 0 Å². The van der Waals surface area contributed by atoms with Gasteiger partial charge < -0.3 is 15.2 Å². The van der Waals surface area contributed by atoms with Gasteiger partial charge in [-0.05, 0) is 24.1 Å². The number of aromatic nitrogens is 2. The van der Waals surface area contributed by atoms with E-state index in [-0.39, 0.29) is 12.4 Å². The molecule has 1 aromatic heterocycles. The van der Waals surface area contributed by atoms with E-state index >= 15 is 0 Å². The summed E-state index contributed by atoms with van der Waals surface area (Å²) >= 11 is 0. The number of carbonyl (C=O) groups is 2. The SMILES string of the molecule is O=C(NCCCn1ccnc1-c1ccccc1)C(=O)NCc1ccc(F)cc1. The molecule has 0 radical (unpaired) electrons. The third-order valence-electron chi connectivity index (χ3n) is 4.18. The van der Waals surface area contributed by atoms with Crippen molar-refractivity contribution in [2.75, 3.05) is 6.54 Å². The Labute approximate surface area is 162 Å². The Morgan fingerprint density at radius 2 is 1.68 bits per heavy atom. The highest BCUT2D eigenvalue weighted by Crippen LogP contribution is 2.16. The van der Waals surface area contributed by atoms with E-state index in [2.05, 4.69) is 15.6 Å². The van der Waals surface area contributed by atoms with Crippen LogP contribution in [0.3, 0.4) is 0 Å². The Morgan fingerprint density at radius 1 is 0.964 bits per heavy atom. The monoisotopic (exact) mass is 380 g/mol. The van der Waals surface area contributed by atoms with E-state index in [1.54, 1.807) is 18.3 Å². The lowest BCUT2D eigenvalue weighted by Gasteiger charge is -2.09. The van der Waals surface area contributed by atoms with Crippen molar-refractivity contribution in [2.24, 2.45) is 0 Å². The summed E-state index contributed by atoms with van der Waals surface area (Å²) in [5, 5.41) is 5.12. The highest BCUT2D eigenvalue weighted by molar-refractivity contribution is 6.35. The molecule has 3 aromatic rings. The van der Waals surface area contributed by atoms with Crippen LogP contribution >= 0.6 is 0 Å². The van der Waals surface area contributed by atoms with Gasteiger partial charge in [0.25, 0.3) is 0 Å². The lowest BCUT2D eigenvalue weighted by atomic mass is 10.2. The normalized spacial score (nSPS) is 10.5. The lowest BCUT2D eigenvalue weighted by molar-refractivity contribution is -0.139. The molecule has 0 aliphatic heterocycles. The molecular weight excluding hydrogens is 359 g/mol. The molecule has 1 heterocycles. The zero-order valence-corrected chi connectivity index (χ0v) is 15.3. The fourth-order valence-electron chi connectivity index (χ4n) is 2.73. The Balaban J connectivity index is 1.40. The fraction of sp³-hybridized carbons (Fsp3) is 0.190. The summed E-state index contributed by atoms with van der Waals surface area (Å²) in [4.78, 5) is 28.1. The first-order valence-corrected chi connectivity index (χ1v) is 9.00. The van der Waals surface area contributed by atoms with Gasteiger partial charge in [-0.25, -0.2) is 9.37 Å². The first-order chi connectivity index (χ1) is 13.6. The second kappa shape index (κ2) is 9.45. The zero-order chi connectivity index (χ0) is 19.8. The fourth-order valence-corrected chi connectivity index (χ4v) is 2.73. The number of hydrogen-bond donors (Lipinski definition) is 2. The predicted octanol–water partition coefficient (Wildman–Crippen LogP) is 2.51. The number of amides is 2. The molecule has 0 saturated heterocycles. The van der Waals surface area contributed by atoms with Crippen molar-refractivity contribution < 1.29 is 14.0 Å². The van der Waals surface area contributed by atoms with Crippen LogP contribution in [0.4, 0.5) is 4.39 Å². The van der Waals surface area contributed by atoms with Crippen LogP contribution in [-0.4, -0.2) is 27.9 Å². The molecule has 0 fully saturated rings. The van der Waals surface area contributed by atoms with Gasteiger partial charge in [-0.2, -0.15) is 0 Å². The molecule has 0 saturated carbocycles. The molecule has 0 aliphatic carbocycles. The molecule has 144 valence electrons. The van der Waals surface area contributed by atoms with Crippen molar-refractivity contribution >= 4 is 11.8 Å². The minimum absolute atomic E-state index is 0.169. The van der Waals surface area contributed by atoms with Crippen LogP contribution in [0.25, 0.3) is 11.4 Å². The molecule has 0 unspecified atom stereocenters. The summed E-state index contributed by atoms with van der Waals surface area (Å²) in [7, 11) is 0. The summed E-state index contributed by atoms with van der Waals surface area (Å²) in [6, 6.07) is 15.6. The highest BCUT2D eigenvalue weighted by Gasteiger charge is 2.12. The third kappa shape index (κ3) is 5.26.